The van der Waals surface area contributed by atoms with Crippen LogP contribution in [0.15, 0.2) is 12.7 Å². The molecule has 3 fully saturated rings. The van der Waals surface area contributed by atoms with E-state index in [-0.39, 0.29) is 6.03 Å². The molecule has 0 saturated carbocycles. The van der Waals surface area contributed by atoms with Crippen molar-refractivity contribution in [3.05, 3.63) is 12.7 Å². The molecule has 1 aromatic heterocycles. The third kappa shape index (κ3) is 3.00. The topological polar surface area (TPSA) is 66.7 Å². The molecule has 4 rings (SSSR count). The molecule has 132 valence electrons. The van der Waals surface area contributed by atoms with Gasteiger partial charge in [0.2, 0.25) is 0 Å². The minimum absolute atomic E-state index is 0.194. The molecule has 0 N–H and O–H groups in total. The molecule has 0 spiro atoms. The Hall–Kier alpha value is -1.67. The second-order valence-electron chi connectivity index (χ2n) is 7.12. The maximum atomic E-state index is 12.7. The Morgan fingerprint density at radius 1 is 1.25 bits per heavy atom. The molecule has 0 bridgehead atoms. The van der Waals surface area contributed by atoms with E-state index in [4.69, 9.17) is 4.74 Å². The molecular weight excluding hydrogens is 308 g/mol. The van der Waals surface area contributed by atoms with Gasteiger partial charge in [-0.15, -0.1) is 0 Å². The van der Waals surface area contributed by atoms with Gasteiger partial charge in [-0.3, -0.25) is 9.58 Å². The van der Waals surface area contributed by atoms with Crippen molar-refractivity contribution in [1.29, 1.82) is 0 Å². The molecule has 3 aliphatic rings. The van der Waals surface area contributed by atoms with Crippen LogP contribution in [0.3, 0.4) is 0 Å². The SMILES string of the molecule is CN1[C@@H](Cn2cncn2)C[C@H]2CN(C(=O)N3CCOCC3)CC[C@H]21. The Bertz CT molecular complexity index is 559. The summed E-state index contributed by atoms with van der Waals surface area (Å²) in [5.74, 6) is 0.558. The first-order valence-corrected chi connectivity index (χ1v) is 8.88. The molecule has 1 aromatic rings. The van der Waals surface area contributed by atoms with Crippen LogP contribution in [0.4, 0.5) is 4.79 Å². The van der Waals surface area contributed by atoms with E-state index in [0.29, 0.717) is 31.2 Å². The van der Waals surface area contributed by atoms with Gasteiger partial charge < -0.3 is 14.5 Å². The summed E-state index contributed by atoms with van der Waals surface area (Å²) < 4.78 is 7.26. The predicted molar refractivity (Wildman–Crippen MR) is 87.4 cm³/mol. The minimum Gasteiger partial charge on any atom is -0.378 e. The van der Waals surface area contributed by atoms with Crippen molar-refractivity contribution in [2.45, 2.75) is 31.5 Å². The van der Waals surface area contributed by atoms with E-state index in [9.17, 15) is 4.79 Å². The lowest BCUT2D eigenvalue weighted by atomic mass is 9.92. The summed E-state index contributed by atoms with van der Waals surface area (Å²) in [4.78, 5) is 23.2. The standard InChI is InChI=1S/C16H26N6O2/c1-19-14(10-22-12-17-11-18-22)8-13-9-21(3-2-15(13)19)16(23)20-4-6-24-7-5-20/h11-15H,2-10H2,1H3/t13-,14+,15+/m0/s1. The highest BCUT2D eigenvalue weighted by Crippen LogP contribution is 2.35. The lowest BCUT2D eigenvalue weighted by Gasteiger charge is -2.40. The van der Waals surface area contributed by atoms with Gasteiger partial charge in [0.25, 0.3) is 0 Å². The molecule has 0 aromatic carbocycles. The van der Waals surface area contributed by atoms with E-state index in [1.54, 1.807) is 12.7 Å². The van der Waals surface area contributed by atoms with E-state index in [1.807, 2.05) is 9.58 Å². The summed E-state index contributed by atoms with van der Waals surface area (Å²) in [7, 11) is 2.21. The van der Waals surface area contributed by atoms with Crippen molar-refractivity contribution in [2.24, 2.45) is 5.92 Å². The number of carbonyl (C=O) groups excluding carboxylic acids is 1. The number of fused-ring (bicyclic) bond motifs is 1. The Morgan fingerprint density at radius 3 is 2.83 bits per heavy atom. The van der Waals surface area contributed by atoms with Gasteiger partial charge in [0.15, 0.2) is 0 Å². The molecule has 4 heterocycles. The first-order valence-electron chi connectivity index (χ1n) is 8.88. The molecule has 24 heavy (non-hydrogen) atoms. The second kappa shape index (κ2) is 6.68. The fraction of sp³-hybridized carbons (Fsp3) is 0.812. The fourth-order valence-electron chi connectivity index (χ4n) is 4.45. The van der Waals surface area contributed by atoms with E-state index in [2.05, 4.69) is 26.9 Å². The van der Waals surface area contributed by atoms with E-state index < -0.39 is 0 Å². The van der Waals surface area contributed by atoms with Crippen molar-refractivity contribution < 1.29 is 9.53 Å². The summed E-state index contributed by atoms with van der Waals surface area (Å²) >= 11 is 0. The van der Waals surface area contributed by atoms with Crippen LogP contribution in [0, 0.1) is 5.92 Å². The Morgan fingerprint density at radius 2 is 2.08 bits per heavy atom. The Labute approximate surface area is 142 Å². The molecule has 8 heteroatoms. The average Bonchev–Trinajstić information content (AvgIpc) is 3.24. The van der Waals surface area contributed by atoms with Gasteiger partial charge in [0, 0.05) is 38.3 Å². The van der Waals surface area contributed by atoms with Gasteiger partial charge in [-0.25, -0.2) is 9.78 Å². The quantitative estimate of drug-likeness (QED) is 0.769. The number of piperidine rings is 1. The van der Waals surface area contributed by atoms with Crippen LogP contribution in [0.25, 0.3) is 0 Å². The smallest absolute Gasteiger partial charge is 0.320 e. The third-order valence-corrected chi connectivity index (χ3v) is 5.78. The third-order valence-electron chi connectivity index (χ3n) is 5.78. The number of urea groups is 1. The first kappa shape index (κ1) is 15.8. The molecule has 3 aliphatic heterocycles. The molecule has 2 amide bonds. The molecule has 3 saturated heterocycles. The zero-order valence-electron chi connectivity index (χ0n) is 14.3. The molecular formula is C16H26N6O2. The summed E-state index contributed by atoms with van der Waals surface area (Å²) in [5.41, 5.74) is 0. The maximum Gasteiger partial charge on any atom is 0.320 e. The number of nitrogens with zero attached hydrogens (tertiary/aromatic N) is 6. The number of hydrogen-bond acceptors (Lipinski definition) is 5. The number of morpholine rings is 1. The average molecular weight is 334 g/mol. The van der Waals surface area contributed by atoms with Gasteiger partial charge in [0.05, 0.1) is 19.8 Å². The zero-order valence-corrected chi connectivity index (χ0v) is 14.3. The summed E-state index contributed by atoms with van der Waals surface area (Å²) in [5, 5.41) is 4.23. The Kier molecular flexibility index (Phi) is 4.41. The highest BCUT2D eigenvalue weighted by molar-refractivity contribution is 5.74. The largest absolute Gasteiger partial charge is 0.378 e. The molecule has 0 unspecified atom stereocenters. The second-order valence-corrected chi connectivity index (χ2v) is 7.12. The number of rotatable bonds is 2. The highest BCUT2D eigenvalue weighted by atomic mass is 16.5. The monoisotopic (exact) mass is 334 g/mol. The minimum atomic E-state index is 0.194. The van der Waals surface area contributed by atoms with Gasteiger partial charge >= 0.3 is 6.03 Å². The van der Waals surface area contributed by atoms with Crippen molar-refractivity contribution >= 4 is 6.03 Å². The zero-order chi connectivity index (χ0) is 16.5. The number of likely N-dealkylation sites (N-methyl/N-ethyl adjacent to an activating group) is 1. The Balaban J connectivity index is 1.37. The van der Waals surface area contributed by atoms with Crippen LogP contribution in [-0.4, -0.2) is 94.0 Å². The number of ether oxygens (including phenoxy) is 1. The van der Waals surface area contributed by atoms with Crippen LogP contribution in [0.5, 0.6) is 0 Å². The molecule has 3 atom stereocenters. The van der Waals surface area contributed by atoms with Crippen LogP contribution in [0.2, 0.25) is 0 Å². The summed E-state index contributed by atoms with van der Waals surface area (Å²) in [6, 6.07) is 1.24. The van der Waals surface area contributed by atoms with Gasteiger partial charge in [-0.05, 0) is 25.8 Å². The lowest BCUT2D eigenvalue weighted by Crippen LogP contribution is -2.53. The van der Waals surface area contributed by atoms with E-state index in [1.165, 1.54) is 0 Å². The van der Waals surface area contributed by atoms with Gasteiger partial charge in [-0.2, -0.15) is 5.10 Å². The number of carbonyl (C=O) groups is 1. The van der Waals surface area contributed by atoms with E-state index >= 15 is 0 Å². The number of likely N-dealkylation sites (tertiary alicyclic amines) is 2. The normalized spacial score (nSPS) is 31.3. The van der Waals surface area contributed by atoms with E-state index in [0.717, 1.165) is 45.6 Å². The van der Waals surface area contributed by atoms with Crippen LogP contribution < -0.4 is 0 Å². The predicted octanol–water partition coefficient (Wildman–Crippen LogP) is 0.125. The van der Waals surface area contributed by atoms with Crippen molar-refractivity contribution in [1.82, 2.24) is 29.5 Å². The van der Waals surface area contributed by atoms with Crippen molar-refractivity contribution in [3.63, 3.8) is 0 Å². The lowest BCUT2D eigenvalue weighted by molar-refractivity contribution is 0.0362. The number of aromatic nitrogens is 3. The summed E-state index contributed by atoms with van der Waals surface area (Å²) in [6.45, 7) is 5.37. The van der Waals surface area contributed by atoms with Crippen molar-refractivity contribution in [3.8, 4) is 0 Å². The maximum absolute atomic E-state index is 12.7. The molecule has 0 aliphatic carbocycles. The molecule has 8 nitrogen and oxygen atoms in total. The number of amides is 2. The fourth-order valence-corrected chi connectivity index (χ4v) is 4.45. The van der Waals surface area contributed by atoms with Crippen molar-refractivity contribution in [2.75, 3.05) is 46.4 Å². The van der Waals surface area contributed by atoms with Crippen LogP contribution in [-0.2, 0) is 11.3 Å². The summed E-state index contributed by atoms with van der Waals surface area (Å²) in [6.07, 6.45) is 5.55. The molecule has 0 radical (unpaired) electrons. The highest BCUT2D eigenvalue weighted by Gasteiger charge is 2.43. The van der Waals surface area contributed by atoms with Crippen LogP contribution in [0.1, 0.15) is 12.8 Å². The van der Waals surface area contributed by atoms with Gasteiger partial charge in [-0.1, -0.05) is 0 Å². The van der Waals surface area contributed by atoms with Crippen LogP contribution >= 0.6 is 0 Å². The first-order chi connectivity index (χ1) is 11.7. The van der Waals surface area contributed by atoms with Gasteiger partial charge in [0.1, 0.15) is 12.7 Å². The number of hydrogen-bond donors (Lipinski definition) is 0.